The zero-order chi connectivity index (χ0) is 20.4. The number of hydrogen-bond donors (Lipinski definition) is 1. The lowest BCUT2D eigenvalue weighted by Crippen LogP contribution is -2.72. The van der Waals surface area contributed by atoms with E-state index in [0.29, 0.717) is 12.3 Å². The Morgan fingerprint density at radius 3 is 2.27 bits per heavy atom. The number of nitrogens with two attached hydrogens (primary N) is 1. The maximum absolute atomic E-state index is 13.5. The van der Waals surface area contributed by atoms with Crippen molar-refractivity contribution in [2.24, 2.45) is 11.1 Å². The molecule has 0 bridgehead atoms. The normalized spacial score (nSPS) is 25.4. The summed E-state index contributed by atoms with van der Waals surface area (Å²) in [6.45, 7) is 2.18. The lowest BCUT2D eigenvalue weighted by Gasteiger charge is -2.52. The lowest BCUT2D eigenvalue weighted by molar-refractivity contribution is -0.161. The predicted octanol–water partition coefficient (Wildman–Crippen LogP) is 3.55. The Hall–Kier alpha value is -2.28. The van der Waals surface area contributed by atoms with E-state index in [1.165, 1.54) is 0 Å². The van der Waals surface area contributed by atoms with Crippen molar-refractivity contribution in [1.29, 1.82) is 0 Å². The van der Waals surface area contributed by atoms with E-state index in [-0.39, 0.29) is 29.7 Å². The van der Waals surface area contributed by atoms with Crippen LogP contribution in [-0.4, -0.2) is 40.5 Å². The minimum absolute atomic E-state index is 0. The van der Waals surface area contributed by atoms with Gasteiger partial charge in [-0.2, -0.15) is 0 Å². The molecule has 2 unspecified atom stereocenters. The van der Waals surface area contributed by atoms with Gasteiger partial charge in [-0.25, -0.2) is 0 Å². The summed E-state index contributed by atoms with van der Waals surface area (Å²) in [5, 5.41) is -0.0484. The van der Waals surface area contributed by atoms with Crippen LogP contribution in [0.1, 0.15) is 24.2 Å². The van der Waals surface area contributed by atoms with Crippen LogP contribution in [0.4, 0.5) is 0 Å². The first-order valence-electron chi connectivity index (χ1n) is 9.68. The quantitative estimate of drug-likeness (QED) is 0.433. The number of halogens is 1. The van der Waals surface area contributed by atoms with Crippen LogP contribution in [0.5, 0.6) is 0 Å². The number of nitrogens with zero attached hydrogens (tertiary/aromatic N) is 1. The summed E-state index contributed by atoms with van der Waals surface area (Å²) in [5.74, 6) is 0.105. The van der Waals surface area contributed by atoms with Crippen LogP contribution in [0.15, 0.2) is 72.8 Å². The topological polar surface area (TPSA) is 72.6 Å². The van der Waals surface area contributed by atoms with Gasteiger partial charge in [0, 0.05) is 12.3 Å². The molecule has 2 aliphatic heterocycles. The summed E-state index contributed by atoms with van der Waals surface area (Å²) in [5.41, 5.74) is 6.84. The molecule has 0 aromatic heterocycles. The third-order valence-electron chi connectivity index (χ3n) is 5.47. The van der Waals surface area contributed by atoms with Gasteiger partial charge in [-0.15, -0.1) is 24.2 Å². The maximum atomic E-state index is 13.5. The number of fused-ring (bicyclic) bond motifs is 1. The van der Waals surface area contributed by atoms with Gasteiger partial charge in [0.25, 0.3) is 0 Å². The molecule has 2 heterocycles. The molecule has 2 aromatic rings. The summed E-state index contributed by atoms with van der Waals surface area (Å²) in [6.07, 6.45) is 3.21. The highest BCUT2D eigenvalue weighted by molar-refractivity contribution is 8.00. The summed E-state index contributed by atoms with van der Waals surface area (Å²) in [6, 6.07) is 19.0. The molecule has 4 rings (SSSR count). The summed E-state index contributed by atoms with van der Waals surface area (Å²) in [4.78, 5) is 27.4. The Morgan fingerprint density at radius 2 is 1.73 bits per heavy atom. The van der Waals surface area contributed by atoms with E-state index < -0.39 is 17.6 Å². The van der Waals surface area contributed by atoms with Crippen LogP contribution in [0.3, 0.4) is 0 Å². The SMILES string of the molecule is C/C=C\C1(C(=O)OC(c2ccccc2)c2ccccc2)CS[C@@H]2C(N)C(=O)N2C1.Cl. The number of hydrogen-bond acceptors (Lipinski definition) is 5. The van der Waals surface area contributed by atoms with Gasteiger partial charge in [0.1, 0.15) is 16.8 Å². The molecule has 2 fully saturated rings. The van der Waals surface area contributed by atoms with Gasteiger partial charge < -0.3 is 15.4 Å². The fourth-order valence-corrected chi connectivity index (χ4v) is 5.37. The monoisotopic (exact) mass is 444 g/mol. The smallest absolute Gasteiger partial charge is 0.319 e. The molecule has 2 saturated heterocycles. The molecule has 2 aromatic carbocycles. The van der Waals surface area contributed by atoms with Gasteiger partial charge >= 0.3 is 5.97 Å². The third kappa shape index (κ3) is 4.00. The van der Waals surface area contributed by atoms with E-state index in [9.17, 15) is 9.59 Å². The third-order valence-corrected chi connectivity index (χ3v) is 7.04. The average molecular weight is 445 g/mol. The number of amides is 1. The molecule has 2 aliphatic rings. The van der Waals surface area contributed by atoms with E-state index >= 15 is 0 Å². The minimum Gasteiger partial charge on any atom is -0.452 e. The van der Waals surface area contributed by atoms with Crippen molar-refractivity contribution in [3.05, 3.63) is 83.9 Å². The van der Waals surface area contributed by atoms with Crippen molar-refractivity contribution >= 4 is 36.0 Å². The number of ether oxygens (including phenoxy) is 1. The Balaban J connectivity index is 0.00000256. The summed E-state index contributed by atoms with van der Waals surface area (Å²) >= 11 is 1.55. The molecule has 2 N–H and O–H groups in total. The second-order valence-corrected chi connectivity index (χ2v) is 8.56. The van der Waals surface area contributed by atoms with Crippen LogP contribution >= 0.6 is 24.2 Å². The van der Waals surface area contributed by atoms with E-state index in [4.69, 9.17) is 10.5 Å². The fourth-order valence-electron chi connectivity index (χ4n) is 3.92. The zero-order valence-corrected chi connectivity index (χ0v) is 18.3. The van der Waals surface area contributed by atoms with Crippen molar-refractivity contribution in [1.82, 2.24) is 4.90 Å². The zero-order valence-electron chi connectivity index (χ0n) is 16.6. The van der Waals surface area contributed by atoms with Crippen molar-refractivity contribution in [2.45, 2.75) is 24.4 Å². The van der Waals surface area contributed by atoms with Gasteiger partial charge in [0.2, 0.25) is 5.91 Å². The minimum atomic E-state index is -0.881. The Labute approximate surface area is 187 Å². The van der Waals surface area contributed by atoms with Crippen LogP contribution in [0.2, 0.25) is 0 Å². The number of β-lactam (4-membered cyclic amide) rings is 1. The number of carbonyl (C=O) groups is 2. The first-order chi connectivity index (χ1) is 14.1. The lowest BCUT2D eigenvalue weighted by atomic mass is 9.86. The molecule has 5 nitrogen and oxygen atoms in total. The molecular formula is C23H25ClN2O3S. The summed E-state index contributed by atoms with van der Waals surface area (Å²) in [7, 11) is 0. The largest absolute Gasteiger partial charge is 0.452 e. The number of thioether (sulfide) groups is 1. The van der Waals surface area contributed by atoms with Crippen LogP contribution < -0.4 is 5.73 Å². The van der Waals surface area contributed by atoms with Gasteiger partial charge in [-0.05, 0) is 18.1 Å². The predicted molar refractivity (Wildman–Crippen MR) is 121 cm³/mol. The van der Waals surface area contributed by atoms with E-state index in [1.54, 1.807) is 16.7 Å². The molecule has 3 atom stereocenters. The Kier molecular flexibility index (Phi) is 6.91. The molecule has 158 valence electrons. The van der Waals surface area contributed by atoms with Crippen LogP contribution in [-0.2, 0) is 14.3 Å². The average Bonchev–Trinajstić information content (AvgIpc) is 2.78. The molecular weight excluding hydrogens is 420 g/mol. The number of carbonyl (C=O) groups excluding carboxylic acids is 2. The molecule has 1 amide bonds. The van der Waals surface area contributed by atoms with Gasteiger partial charge in [0.05, 0.1) is 0 Å². The molecule has 30 heavy (non-hydrogen) atoms. The van der Waals surface area contributed by atoms with Crippen molar-refractivity contribution in [3.63, 3.8) is 0 Å². The summed E-state index contributed by atoms with van der Waals surface area (Å²) < 4.78 is 6.12. The highest BCUT2D eigenvalue weighted by atomic mass is 35.5. The van der Waals surface area contributed by atoms with Crippen molar-refractivity contribution < 1.29 is 14.3 Å². The van der Waals surface area contributed by atoms with Crippen molar-refractivity contribution in [2.75, 3.05) is 12.3 Å². The molecule has 0 aliphatic carbocycles. The first kappa shape index (κ1) is 22.4. The second kappa shape index (κ2) is 9.25. The highest BCUT2D eigenvalue weighted by Crippen LogP contribution is 2.43. The van der Waals surface area contributed by atoms with E-state index in [2.05, 4.69) is 0 Å². The number of allylic oxidation sites excluding steroid dienone is 1. The van der Waals surface area contributed by atoms with Gasteiger partial charge in [-0.1, -0.05) is 72.8 Å². The number of rotatable bonds is 5. The molecule has 0 radical (unpaired) electrons. The first-order valence-corrected chi connectivity index (χ1v) is 10.7. The van der Waals surface area contributed by atoms with Gasteiger partial charge in [-0.3, -0.25) is 9.59 Å². The van der Waals surface area contributed by atoms with Gasteiger partial charge in [0.15, 0.2) is 6.10 Å². The second-order valence-electron chi connectivity index (χ2n) is 7.46. The van der Waals surface area contributed by atoms with E-state index in [0.717, 1.165) is 11.1 Å². The Morgan fingerprint density at radius 1 is 1.17 bits per heavy atom. The molecule has 7 heteroatoms. The van der Waals surface area contributed by atoms with Crippen LogP contribution in [0.25, 0.3) is 0 Å². The van der Waals surface area contributed by atoms with Crippen molar-refractivity contribution in [3.8, 4) is 0 Å². The Bertz CT molecular complexity index is 885. The van der Waals surface area contributed by atoms with E-state index in [1.807, 2.05) is 79.7 Å². The molecule has 0 saturated carbocycles. The van der Waals surface area contributed by atoms with Crippen LogP contribution in [0, 0.1) is 5.41 Å². The number of benzene rings is 2. The standard InChI is InChI=1S/C23H24N2O3S.ClH/c1-2-13-23(14-25-20(26)18(24)21(25)29-15-23)22(27)28-19(16-9-5-3-6-10-16)17-11-7-4-8-12-17;/h2-13,18-19,21H,14-15,24H2,1H3;1H/b13-2-;/t18?,21-,23?;/m1./s1. The molecule has 0 spiro atoms. The highest BCUT2D eigenvalue weighted by Gasteiger charge is 2.55. The number of esters is 1. The fraction of sp³-hybridized carbons (Fsp3) is 0.304. The maximum Gasteiger partial charge on any atom is 0.319 e.